The largest absolute Gasteiger partial charge is 0.469 e. The Kier molecular flexibility index (Phi) is 7.09. The molecule has 1 aromatic heterocycles. The van der Waals surface area contributed by atoms with Gasteiger partial charge < -0.3 is 18.9 Å². The van der Waals surface area contributed by atoms with Crippen molar-refractivity contribution in [2.75, 3.05) is 27.4 Å². The number of rotatable bonds is 6. The lowest BCUT2D eigenvalue weighted by Crippen LogP contribution is -2.48. The van der Waals surface area contributed by atoms with Crippen molar-refractivity contribution in [1.29, 1.82) is 0 Å². The number of amides is 1. The van der Waals surface area contributed by atoms with E-state index in [1.807, 2.05) is 66.0 Å². The summed E-state index contributed by atoms with van der Waals surface area (Å²) < 4.78 is 13.8. The second kappa shape index (κ2) is 9.99. The van der Waals surface area contributed by atoms with E-state index in [-0.39, 0.29) is 17.8 Å². The number of carbonyl (C=O) groups is 2. The molecule has 2 aliphatic rings. The van der Waals surface area contributed by atoms with Gasteiger partial charge in [0.05, 0.1) is 30.2 Å². The lowest BCUT2D eigenvalue weighted by atomic mass is 9.72. The minimum Gasteiger partial charge on any atom is -0.469 e. The molecule has 1 aliphatic carbocycles. The molecule has 0 spiro atoms. The van der Waals surface area contributed by atoms with Crippen molar-refractivity contribution in [1.82, 2.24) is 9.47 Å². The van der Waals surface area contributed by atoms with Crippen molar-refractivity contribution < 1.29 is 19.1 Å². The van der Waals surface area contributed by atoms with Gasteiger partial charge in [-0.05, 0) is 70.7 Å². The van der Waals surface area contributed by atoms with E-state index in [9.17, 15) is 9.59 Å². The molecule has 2 atom stereocenters. The van der Waals surface area contributed by atoms with E-state index in [0.717, 1.165) is 44.9 Å². The van der Waals surface area contributed by atoms with Gasteiger partial charge >= 0.3 is 5.97 Å². The molecule has 1 saturated carbocycles. The van der Waals surface area contributed by atoms with Gasteiger partial charge in [-0.25, -0.2) is 0 Å². The molecule has 8 heteroatoms. The molecule has 3 aromatic rings. The summed E-state index contributed by atoms with van der Waals surface area (Å²) in [6, 6.07) is 14.0. The minimum absolute atomic E-state index is 0.0868. The fraction of sp³-hybridized carbons (Fsp3) is 0.429. The standard InChI is InChI=1S/C28H30ClIN2O4/c1-31-22-12-11-21(30)25(29)20(22)15-23(31)26(33)32(2)28(13-14-36-16-28)19-9-7-18(8-10-19)24(27(34)35-3)17-5-4-6-17/h7-12,15,17,24H,4-6,13-14,16H2,1-3H3. The van der Waals surface area contributed by atoms with E-state index >= 15 is 0 Å². The Morgan fingerprint density at radius 2 is 1.94 bits per heavy atom. The van der Waals surface area contributed by atoms with Crippen LogP contribution in [0.2, 0.25) is 5.02 Å². The highest BCUT2D eigenvalue weighted by atomic mass is 127. The molecule has 1 saturated heterocycles. The third-order valence-corrected chi connectivity index (χ3v) is 9.79. The van der Waals surface area contributed by atoms with Crippen molar-refractivity contribution in [2.45, 2.75) is 37.1 Å². The van der Waals surface area contributed by atoms with Gasteiger partial charge in [-0.1, -0.05) is 42.3 Å². The van der Waals surface area contributed by atoms with E-state index in [4.69, 9.17) is 21.1 Å². The number of nitrogens with zero attached hydrogens (tertiary/aromatic N) is 2. The fourth-order valence-electron chi connectivity index (χ4n) is 5.66. The molecule has 36 heavy (non-hydrogen) atoms. The average Bonchev–Trinajstić information content (AvgIpc) is 3.48. The summed E-state index contributed by atoms with van der Waals surface area (Å²) in [5, 5.41) is 1.53. The number of esters is 1. The zero-order valence-electron chi connectivity index (χ0n) is 20.7. The maximum absolute atomic E-state index is 13.9. The van der Waals surface area contributed by atoms with Crippen molar-refractivity contribution in [3.05, 3.63) is 67.9 Å². The third kappa shape index (κ3) is 4.13. The molecule has 1 aliphatic heterocycles. The molecule has 190 valence electrons. The van der Waals surface area contributed by atoms with Crippen molar-refractivity contribution >= 4 is 57.0 Å². The topological polar surface area (TPSA) is 60.8 Å². The first-order valence-corrected chi connectivity index (χ1v) is 13.7. The van der Waals surface area contributed by atoms with E-state index in [1.165, 1.54) is 7.11 Å². The second-order valence-corrected chi connectivity index (χ2v) is 11.4. The molecule has 2 fully saturated rings. The monoisotopic (exact) mass is 620 g/mol. The van der Waals surface area contributed by atoms with Gasteiger partial charge in [-0.15, -0.1) is 0 Å². The quantitative estimate of drug-likeness (QED) is 0.255. The van der Waals surface area contributed by atoms with Crippen LogP contribution in [0.25, 0.3) is 10.9 Å². The van der Waals surface area contributed by atoms with E-state index in [1.54, 1.807) is 0 Å². The maximum Gasteiger partial charge on any atom is 0.313 e. The molecule has 2 aromatic carbocycles. The highest BCUT2D eigenvalue weighted by molar-refractivity contribution is 14.1. The maximum atomic E-state index is 13.9. The average molecular weight is 621 g/mol. The number of halogens is 2. The van der Waals surface area contributed by atoms with Gasteiger partial charge in [0.15, 0.2) is 0 Å². The predicted molar refractivity (Wildman–Crippen MR) is 148 cm³/mol. The minimum atomic E-state index is -0.596. The predicted octanol–water partition coefficient (Wildman–Crippen LogP) is 5.88. The lowest BCUT2D eigenvalue weighted by Gasteiger charge is -2.38. The number of likely N-dealkylation sites (N-methyl/N-ethyl adjacent to an activating group) is 1. The van der Waals surface area contributed by atoms with Gasteiger partial charge in [0, 0.05) is 41.6 Å². The summed E-state index contributed by atoms with van der Waals surface area (Å²) in [5.74, 6) is -0.173. The zero-order chi connectivity index (χ0) is 25.6. The number of hydrogen-bond acceptors (Lipinski definition) is 4. The van der Waals surface area contributed by atoms with Crippen LogP contribution in [0.4, 0.5) is 0 Å². The number of aromatic nitrogens is 1. The SMILES string of the molecule is COC(=O)C(c1ccc(C2(N(C)C(=O)c3cc4c(Cl)c(I)ccc4n3C)CCOC2)cc1)C1CCC1. The molecule has 0 bridgehead atoms. The molecule has 2 heterocycles. The molecule has 0 radical (unpaired) electrons. The fourth-order valence-corrected chi connectivity index (χ4v) is 6.35. The third-order valence-electron chi connectivity index (χ3n) is 8.16. The Balaban J connectivity index is 1.48. The highest BCUT2D eigenvalue weighted by Gasteiger charge is 2.44. The number of fused-ring (bicyclic) bond motifs is 1. The summed E-state index contributed by atoms with van der Waals surface area (Å²) >= 11 is 8.76. The van der Waals surface area contributed by atoms with Gasteiger partial charge in [0.2, 0.25) is 0 Å². The Labute approximate surface area is 230 Å². The first-order valence-electron chi connectivity index (χ1n) is 12.3. The van der Waals surface area contributed by atoms with Crippen LogP contribution >= 0.6 is 34.2 Å². The number of hydrogen-bond donors (Lipinski definition) is 0. The molecule has 6 nitrogen and oxygen atoms in total. The summed E-state index contributed by atoms with van der Waals surface area (Å²) in [6.07, 6.45) is 3.94. The molecule has 0 N–H and O–H groups in total. The number of ether oxygens (including phenoxy) is 2. The summed E-state index contributed by atoms with van der Waals surface area (Å²) in [6.45, 7) is 0.992. The van der Waals surface area contributed by atoms with Gasteiger partial charge in [-0.2, -0.15) is 0 Å². The Hall–Kier alpha value is -2.10. The normalized spacial score (nSPS) is 20.8. The molecular formula is C28H30ClIN2O4. The number of carbonyl (C=O) groups excluding carboxylic acids is 2. The molecule has 5 rings (SSSR count). The van der Waals surface area contributed by atoms with Crippen LogP contribution in [0.3, 0.4) is 0 Å². The van der Waals surface area contributed by atoms with Crippen LogP contribution < -0.4 is 0 Å². The van der Waals surface area contributed by atoms with Gasteiger partial charge in [0.1, 0.15) is 5.69 Å². The van der Waals surface area contributed by atoms with Crippen LogP contribution in [0.1, 0.15) is 53.2 Å². The first kappa shape index (κ1) is 25.5. The van der Waals surface area contributed by atoms with Gasteiger partial charge in [0.25, 0.3) is 5.91 Å². The van der Waals surface area contributed by atoms with Gasteiger partial charge in [-0.3, -0.25) is 9.59 Å². The van der Waals surface area contributed by atoms with Crippen LogP contribution in [0.15, 0.2) is 42.5 Å². The summed E-state index contributed by atoms with van der Waals surface area (Å²) in [5.41, 5.74) is 2.87. The smallest absolute Gasteiger partial charge is 0.313 e. The second-order valence-electron chi connectivity index (χ2n) is 9.89. The van der Waals surface area contributed by atoms with Crippen LogP contribution in [-0.4, -0.2) is 48.7 Å². The summed E-state index contributed by atoms with van der Waals surface area (Å²) in [4.78, 5) is 28.2. The Bertz CT molecular complexity index is 1310. The highest BCUT2D eigenvalue weighted by Crippen LogP contribution is 2.42. The number of methoxy groups -OCH3 is 1. The number of benzene rings is 2. The Morgan fingerprint density at radius 1 is 1.22 bits per heavy atom. The van der Waals surface area contributed by atoms with Crippen LogP contribution in [-0.2, 0) is 26.9 Å². The lowest BCUT2D eigenvalue weighted by molar-refractivity contribution is -0.144. The van der Waals surface area contributed by atoms with Crippen LogP contribution in [0.5, 0.6) is 0 Å². The van der Waals surface area contributed by atoms with E-state index in [2.05, 4.69) is 22.6 Å². The van der Waals surface area contributed by atoms with Crippen LogP contribution in [0, 0.1) is 9.49 Å². The summed E-state index contributed by atoms with van der Waals surface area (Å²) in [7, 11) is 5.20. The Morgan fingerprint density at radius 3 is 2.53 bits per heavy atom. The zero-order valence-corrected chi connectivity index (χ0v) is 23.6. The number of aryl methyl sites for hydroxylation is 1. The molecular weight excluding hydrogens is 591 g/mol. The molecule has 1 amide bonds. The van der Waals surface area contributed by atoms with E-state index < -0.39 is 5.54 Å². The van der Waals surface area contributed by atoms with Crippen molar-refractivity contribution in [2.24, 2.45) is 13.0 Å². The van der Waals surface area contributed by atoms with Crippen molar-refractivity contribution in [3.8, 4) is 0 Å². The molecule has 2 unspecified atom stereocenters. The van der Waals surface area contributed by atoms with E-state index in [0.29, 0.717) is 36.3 Å². The van der Waals surface area contributed by atoms with Crippen molar-refractivity contribution in [3.63, 3.8) is 0 Å². The first-order chi connectivity index (χ1) is 17.3.